The monoisotopic (exact) mass is 424 g/mol. The van der Waals surface area contributed by atoms with Crippen LogP contribution >= 0.6 is 0 Å². The van der Waals surface area contributed by atoms with E-state index < -0.39 is 18.0 Å². The molecule has 0 unspecified atom stereocenters. The van der Waals surface area contributed by atoms with Crippen LogP contribution < -0.4 is 16.0 Å². The Balaban J connectivity index is 1.46. The van der Waals surface area contributed by atoms with E-state index in [0.717, 1.165) is 5.56 Å². The Morgan fingerprint density at radius 3 is 2.71 bits per heavy atom. The molecule has 31 heavy (non-hydrogen) atoms. The largest absolute Gasteiger partial charge is 0.442 e. The number of amides is 2. The van der Waals surface area contributed by atoms with Gasteiger partial charge in [-0.3, -0.25) is 9.69 Å². The summed E-state index contributed by atoms with van der Waals surface area (Å²) in [7, 11) is 0. The maximum atomic E-state index is 14.8. The number of benzene rings is 2. The number of aromatic nitrogens is 3. The molecular weight excluding hydrogens is 403 g/mol. The van der Waals surface area contributed by atoms with Gasteiger partial charge in [-0.2, -0.15) is 0 Å². The number of cyclic esters (lactones) is 1. The summed E-state index contributed by atoms with van der Waals surface area (Å²) in [5, 5.41) is 6.65. The normalized spacial score (nSPS) is 15.7. The van der Waals surface area contributed by atoms with E-state index in [4.69, 9.17) is 10.5 Å². The van der Waals surface area contributed by atoms with E-state index in [9.17, 15) is 14.0 Å². The van der Waals surface area contributed by atoms with Crippen LogP contribution in [-0.2, 0) is 16.1 Å². The van der Waals surface area contributed by atoms with Gasteiger partial charge in [0.1, 0.15) is 18.2 Å². The van der Waals surface area contributed by atoms with Crippen molar-refractivity contribution >= 4 is 23.6 Å². The maximum absolute atomic E-state index is 14.8. The van der Waals surface area contributed by atoms with Crippen LogP contribution in [0.5, 0.6) is 0 Å². The molecule has 1 aromatic heterocycles. The summed E-state index contributed by atoms with van der Waals surface area (Å²) in [5.41, 5.74) is 8.01. The fraction of sp³-hybridized carbons (Fsp3) is 0.238. The zero-order valence-electron chi connectivity index (χ0n) is 16.8. The van der Waals surface area contributed by atoms with Gasteiger partial charge in [-0.25, -0.2) is 18.9 Å². The molecule has 3 aromatic rings. The van der Waals surface area contributed by atoms with Gasteiger partial charge in [0.25, 0.3) is 0 Å². The Hall–Kier alpha value is -3.95. The van der Waals surface area contributed by atoms with Crippen LogP contribution in [0.4, 0.5) is 20.8 Å². The van der Waals surface area contributed by atoms with Gasteiger partial charge >= 0.3 is 6.09 Å². The number of anilines is 2. The first kappa shape index (κ1) is 20.3. The first-order chi connectivity index (χ1) is 14.9. The Bertz CT molecular complexity index is 1110. The van der Waals surface area contributed by atoms with Crippen LogP contribution in [0.25, 0.3) is 11.1 Å². The first-order valence-electron chi connectivity index (χ1n) is 9.65. The Morgan fingerprint density at radius 2 is 2.06 bits per heavy atom. The SMILES string of the molecule is CC(=O)NC[C@H]1CN(c2ccc(-c3ccc(Cn4cnc(N)n4)cc3)c(F)c2)C(=O)O1. The van der Waals surface area contributed by atoms with Gasteiger partial charge in [0.15, 0.2) is 0 Å². The molecule has 1 saturated heterocycles. The van der Waals surface area contributed by atoms with Crippen molar-refractivity contribution in [3.05, 3.63) is 60.2 Å². The number of nitrogens with one attached hydrogen (secondary N) is 1. The summed E-state index contributed by atoms with van der Waals surface area (Å²) in [5.74, 6) is -0.448. The molecule has 160 valence electrons. The fourth-order valence-corrected chi connectivity index (χ4v) is 3.36. The summed E-state index contributed by atoms with van der Waals surface area (Å²) in [6, 6.07) is 12.0. The lowest BCUT2D eigenvalue weighted by atomic mass is 10.0. The predicted octanol–water partition coefficient (Wildman–Crippen LogP) is 2.18. The number of ether oxygens (including phenoxy) is 1. The molecule has 0 radical (unpaired) electrons. The highest BCUT2D eigenvalue weighted by molar-refractivity contribution is 5.90. The van der Waals surface area contributed by atoms with Gasteiger partial charge < -0.3 is 15.8 Å². The van der Waals surface area contributed by atoms with E-state index in [0.29, 0.717) is 23.4 Å². The van der Waals surface area contributed by atoms with E-state index in [1.54, 1.807) is 23.1 Å². The van der Waals surface area contributed by atoms with Crippen molar-refractivity contribution in [2.75, 3.05) is 23.7 Å². The number of carbonyl (C=O) groups excluding carboxylic acids is 2. The minimum atomic E-state index is -0.569. The van der Waals surface area contributed by atoms with Crippen molar-refractivity contribution in [2.24, 2.45) is 0 Å². The van der Waals surface area contributed by atoms with Crippen LogP contribution in [0.15, 0.2) is 48.8 Å². The topological polar surface area (TPSA) is 115 Å². The molecule has 0 saturated carbocycles. The van der Waals surface area contributed by atoms with E-state index in [2.05, 4.69) is 15.4 Å². The zero-order valence-corrected chi connectivity index (χ0v) is 16.8. The number of halogens is 1. The number of hydrogen-bond donors (Lipinski definition) is 2. The quantitative estimate of drug-likeness (QED) is 0.627. The second-order valence-electron chi connectivity index (χ2n) is 7.21. The number of carbonyl (C=O) groups is 2. The number of nitrogens with zero attached hydrogens (tertiary/aromatic N) is 4. The van der Waals surface area contributed by atoms with Crippen molar-refractivity contribution in [1.82, 2.24) is 20.1 Å². The van der Waals surface area contributed by atoms with Gasteiger partial charge in [0, 0.05) is 12.5 Å². The molecular formula is C21H21FN6O3. The number of nitrogen functional groups attached to an aromatic ring is 1. The Morgan fingerprint density at radius 1 is 1.29 bits per heavy atom. The minimum absolute atomic E-state index is 0.207. The highest BCUT2D eigenvalue weighted by Crippen LogP contribution is 2.29. The molecule has 1 fully saturated rings. The van der Waals surface area contributed by atoms with E-state index in [-0.39, 0.29) is 24.9 Å². The van der Waals surface area contributed by atoms with Crippen LogP contribution in [0.3, 0.4) is 0 Å². The third kappa shape index (κ3) is 4.63. The van der Waals surface area contributed by atoms with Crippen molar-refractivity contribution < 1.29 is 18.7 Å². The van der Waals surface area contributed by atoms with Gasteiger partial charge in [-0.1, -0.05) is 24.3 Å². The molecule has 9 nitrogen and oxygen atoms in total. The van der Waals surface area contributed by atoms with Crippen LogP contribution in [0.2, 0.25) is 0 Å². The molecule has 1 aliphatic rings. The minimum Gasteiger partial charge on any atom is -0.442 e. The molecule has 3 N–H and O–H groups in total. The molecule has 0 aliphatic carbocycles. The smallest absolute Gasteiger partial charge is 0.414 e. The summed E-state index contributed by atoms with van der Waals surface area (Å²) in [6.45, 7) is 2.34. The molecule has 2 heterocycles. The van der Waals surface area contributed by atoms with Gasteiger partial charge in [0.05, 0.1) is 25.3 Å². The molecule has 0 bridgehead atoms. The molecule has 4 rings (SSSR count). The van der Waals surface area contributed by atoms with Crippen LogP contribution in [-0.4, -0.2) is 46.0 Å². The van der Waals surface area contributed by atoms with Crippen LogP contribution in [0, 0.1) is 5.82 Å². The third-order valence-electron chi connectivity index (χ3n) is 4.88. The van der Waals surface area contributed by atoms with E-state index in [1.165, 1.54) is 17.9 Å². The average Bonchev–Trinajstić information content (AvgIpc) is 3.32. The van der Waals surface area contributed by atoms with Crippen molar-refractivity contribution in [1.29, 1.82) is 0 Å². The molecule has 1 aliphatic heterocycles. The Labute approximate surface area is 177 Å². The molecule has 0 spiro atoms. The second kappa shape index (κ2) is 8.42. The number of nitrogens with two attached hydrogens (primary N) is 1. The summed E-state index contributed by atoms with van der Waals surface area (Å²) in [4.78, 5) is 28.4. The summed E-state index contributed by atoms with van der Waals surface area (Å²) >= 11 is 0. The Kier molecular flexibility index (Phi) is 5.52. The highest BCUT2D eigenvalue weighted by atomic mass is 19.1. The molecule has 1 atom stereocenters. The van der Waals surface area contributed by atoms with Gasteiger partial charge in [-0.15, -0.1) is 5.10 Å². The lowest BCUT2D eigenvalue weighted by Crippen LogP contribution is -2.33. The first-order valence-corrected chi connectivity index (χ1v) is 9.65. The fourth-order valence-electron chi connectivity index (χ4n) is 3.36. The third-order valence-corrected chi connectivity index (χ3v) is 4.88. The maximum Gasteiger partial charge on any atom is 0.414 e. The zero-order chi connectivity index (χ0) is 22.0. The van der Waals surface area contributed by atoms with E-state index >= 15 is 0 Å². The van der Waals surface area contributed by atoms with Crippen LogP contribution in [0.1, 0.15) is 12.5 Å². The lowest BCUT2D eigenvalue weighted by Gasteiger charge is -2.14. The standard InChI is InChI=1S/C21H21FN6O3/c1-13(29)24-9-17-11-28(21(30)31-17)16-6-7-18(19(22)8-16)15-4-2-14(3-5-15)10-27-12-25-20(23)26-27/h2-8,12,17H,9-11H2,1H3,(H2,23,26)(H,24,29)/t17-/m0/s1. The predicted molar refractivity (Wildman–Crippen MR) is 112 cm³/mol. The lowest BCUT2D eigenvalue weighted by molar-refractivity contribution is -0.119. The van der Waals surface area contributed by atoms with Crippen molar-refractivity contribution in [3.63, 3.8) is 0 Å². The van der Waals surface area contributed by atoms with Gasteiger partial charge in [-0.05, 0) is 29.3 Å². The van der Waals surface area contributed by atoms with Gasteiger partial charge in [0.2, 0.25) is 11.9 Å². The number of hydrogen-bond acceptors (Lipinski definition) is 6. The summed E-state index contributed by atoms with van der Waals surface area (Å²) in [6.07, 6.45) is 0.499. The average molecular weight is 424 g/mol. The second-order valence-corrected chi connectivity index (χ2v) is 7.21. The van der Waals surface area contributed by atoms with Crippen molar-refractivity contribution in [3.8, 4) is 11.1 Å². The highest BCUT2D eigenvalue weighted by Gasteiger charge is 2.32. The molecule has 2 aromatic carbocycles. The van der Waals surface area contributed by atoms with E-state index in [1.807, 2.05) is 24.3 Å². The van der Waals surface area contributed by atoms with Crippen molar-refractivity contribution in [2.45, 2.75) is 19.6 Å². The summed E-state index contributed by atoms with van der Waals surface area (Å²) < 4.78 is 21.7. The number of rotatable bonds is 6. The molecule has 2 amide bonds. The molecule has 10 heteroatoms.